The highest BCUT2D eigenvalue weighted by atomic mass is 32.2. The summed E-state index contributed by atoms with van der Waals surface area (Å²) in [6.07, 6.45) is 4.56. The number of aromatic nitrogens is 8. The topological polar surface area (TPSA) is 421 Å². The maximum atomic E-state index is 13.7. The molecular weight excluding hydrogens is 1800 g/mol. The first-order valence-corrected chi connectivity index (χ1v) is 48.5. The number of rotatable bonds is 25. The smallest absolute Gasteiger partial charge is 0.411 e. The van der Waals surface area contributed by atoms with Crippen molar-refractivity contribution in [2.24, 2.45) is 5.14 Å². The molecule has 0 atom stereocenters. The minimum atomic E-state index is -3.78. The van der Waals surface area contributed by atoms with Crippen LogP contribution in [0.25, 0.3) is 111 Å². The number of amides is 1. The van der Waals surface area contributed by atoms with Crippen LogP contribution in [-0.4, -0.2) is 110 Å². The summed E-state index contributed by atoms with van der Waals surface area (Å²) in [4.78, 5) is 15.9. The number of primary sulfonamides is 1. The number of nitriles is 5. The Morgan fingerprint density at radius 1 is 0.433 bits per heavy atom. The number of carbonyl (C=O) groups excluding carboxylic acids is 1. The summed E-state index contributed by atoms with van der Waals surface area (Å²) in [6.45, 7) is 17.7. The summed E-state index contributed by atoms with van der Waals surface area (Å²) < 4.78 is 177. The molecule has 16 aromatic rings. The van der Waals surface area contributed by atoms with Crippen molar-refractivity contribution >= 4 is 118 Å². The number of sulfonamides is 4. The van der Waals surface area contributed by atoms with Crippen LogP contribution in [-0.2, 0) is 84.1 Å². The summed E-state index contributed by atoms with van der Waals surface area (Å²) in [7, 11) is -12.7. The SMILES string of the molecule is CCOC(=O)Nc1cccc(-c2c(C#N)c3ccc(OCCCn4cncn4)cc3n2CC)c1.CCn1c(-c2ccc(NS(=O)(=O)CC)cc2)c(C#N)c2cc(F)ccc21.CCn1c(-c2ccc(NS(C)(=O)=O)cc2)c(C#N)c2cc(F)ccc21.CCn1c(-c2ccc(S(=O)(=O)NC)cc2)c(C#N)c2cc(F)ccc21.CCn1c(-c2ccc(S(N)(=O)=O)cc2)c(C#N)c2cc(F)ccc21. The number of aryl methyl sites for hydroxylation is 6. The third-order valence-corrected chi connectivity index (χ3v) is 25.9. The monoisotopic (exact) mass is 1890 g/mol. The van der Waals surface area contributed by atoms with Crippen LogP contribution >= 0.6 is 0 Å². The van der Waals surface area contributed by atoms with Gasteiger partial charge in [0.05, 0.1) is 119 Å². The number of hydrogen-bond acceptors (Lipinski definition) is 18. The zero-order valence-electron chi connectivity index (χ0n) is 74.0. The molecule has 16 rings (SSSR count). The first kappa shape index (κ1) is 97.7. The summed E-state index contributed by atoms with van der Waals surface area (Å²) in [5.74, 6) is -0.868. The Kier molecular flexibility index (Phi) is 30.8. The van der Waals surface area contributed by atoms with Gasteiger partial charge in [0.15, 0.2) is 0 Å². The van der Waals surface area contributed by atoms with E-state index in [1.54, 1.807) is 128 Å². The lowest BCUT2D eigenvalue weighted by Gasteiger charge is -2.11. The molecule has 0 aliphatic heterocycles. The van der Waals surface area contributed by atoms with Crippen LogP contribution in [0.4, 0.5) is 39.4 Å². The van der Waals surface area contributed by atoms with Gasteiger partial charge < -0.3 is 32.3 Å². The minimum Gasteiger partial charge on any atom is -0.493 e. The van der Waals surface area contributed by atoms with Gasteiger partial charge in [0.25, 0.3) is 0 Å². The van der Waals surface area contributed by atoms with Gasteiger partial charge >= 0.3 is 6.09 Å². The summed E-state index contributed by atoms with van der Waals surface area (Å²) in [6, 6.07) is 67.5. The van der Waals surface area contributed by atoms with E-state index < -0.39 is 69.5 Å². The second kappa shape index (κ2) is 42.2. The molecule has 0 unspecified atom stereocenters. The van der Waals surface area contributed by atoms with Crippen molar-refractivity contribution in [3.05, 3.63) is 276 Å². The van der Waals surface area contributed by atoms with Gasteiger partial charge in [0.2, 0.25) is 40.1 Å². The van der Waals surface area contributed by atoms with Gasteiger partial charge in [-0.15, -0.1) is 0 Å². The van der Waals surface area contributed by atoms with Crippen LogP contribution in [0, 0.1) is 79.9 Å². The Labute approximate surface area is 771 Å². The number of benzene rings is 10. The van der Waals surface area contributed by atoms with E-state index in [4.69, 9.17) is 14.6 Å². The zero-order chi connectivity index (χ0) is 96.7. The zero-order valence-corrected chi connectivity index (χ0v) is 77.2. The number of carbonyl (C=O) groups is 1. The van der Waals surface area contributed by atoms with E-state index in [9.17, 15) is 82.3 Å². The summed E-state index contributed by atoms with van der Waals surface area (Å²) >= 11 is 0. The Morgan fingerprint density at radius 3 is 1.17 bits per heavy atom. The van der Waals surface area contributed by atoms with Crippen molar-refractivity contribution in [1.29, 1.82) is 26.3 Å². The molecule has 0 saturated carbocycles. The molecule has 10 aromatic carbocycles. The highest BCUT2D eigenvalue weighted by Gasteiger charge is 2.26. The van der Waals surface area contributed by atoms with Crippen molar-refractivity contribution in [3.8, 4) is 92.4 Å². The summed E-state index contributed by atoms with van der Waals surface area (Å²) in [5.41, 5.74) is 14.8. The number of nitrogens with zero attached hydrogens (tertiary/aromatic N) is 13. The van der Waals surface area contributed by atoms with E-state index in [0.29, 0.717) is 146 Å². The molecule has 1 amide bonds. The van der Waals surface area contributed by atoms with Gasteiger partial charge in [-0.1, -0.05) is 60.7 Å². The predicted octanol–water partition coefficient (Wildman–Crippen LogP) is 18.9. The van der Waals surface area contributed by atoms with Gasteiger partial charge in [0, 0.05) is 101 Å². The Morgan fingerprint density at radius 2 is 0.813 bits per heavy atom. The molecule has 29 nitrogen and oxygen atoms in total. The molecule has 0 aliphatic carbocycles. The highest BCUT2D eigenvalue weighted by Crippen LogP contribution is 2.42. The second-order valence-corrected chi connectivity index (χ2v) is 37.1. The van der Waals surface area contributed by atoms with Crippen LogP contribution in [0.1, 0.15) is 82.7 Å². The lowest BCUT2D eigenvalue weighted by molar-refractivity contribution is 0.168. The normalized spacial score (nSPS) is 11.3. The molecule has 686 valence electrons. The Hall–Kier alpha value is -15.4. The van der Waals surface area contributed by atoms with Crippen LogP contribution in [0.15, 0.2) is 235 Å². The molecule has 0 aliphatic rings. The summed E-state index contributed by atoms with van der Waals surface area (Å²) in [5, 5.41) is 63.4. The lowest BCUT2D eigenvalue weighted by atomic mass is 10.1. The molecule has 6 N–H and O–H groups in total. The van der Waals surface area contributed by atoms with Gasteiger partial charge in [-0.3, -0.25) is 19.4 Å². The number of halogens is 4. The second-order valence-electron chi connectivity index (χ2n) is 29.8. The Bertz CT molecular complexity index is 7840. The van der Waals surface area contributed by atoms with Crippen molar-refractivity contribution in [2.75, 3.05) is 47.0 Å². The number of nitrogens with two attached hydrogens (primary N) is 1. The largest absolute Gasteiger partial charge is 0.493 e. The molecule has 0 spiro atoms. The molecule has 0 fully saturated rings. The fourth-order valence-corrected chi connectivity index (χ4v) is 18.2. The van der Waals surface area contributed by atoms with Crippen molar-refractivity contribution in [1.82, 2.24) is 42.3 Å². The third-order valence-electron chi connectivity index (χ3n) is 21.6. The van der Waals surface area contributed by atoms with Crippen molar-refractivity contribution in [2.45, 2.75) is 104 Å². The van der Waals surface area contributed by atoms with Gasteiger partial charge in [0.1, 0.15) is 72.0 Å². The van der Waals surface area contributed by atoms with E-state index in [-0.39, 0.29) is 15.5 Å². The third kappa shape index (κ3) is 21.6. The van der Waals surface area contributed by atoms with Gasteiger partial charge in [-0.05, 0) is 223 Å². The first-order chi connectivity index (χ1) is 64.2. The van der Waals surface area contributed by atoms with Crippen LogP contribution < -0.4 is 29.4 Å². The lowest BCUT2D eigenvalue weighted by Crippen LogP contribution is -2.18. The maximum Gasteiger partial charge on any atom is 0.411 e. The average molecular weight is 1890 g/mol. The number of anilines is 3. The fourth-order valence-electron chi connectivity index (χ4n) is 15.8. The molecular formula is C97H90F4N18O11S4. The molecule has 6 heterocycles. The molecule has 6 aromatic heterocycles. The highest BCUT2D eigenvalue weighted by molar-refractivity contribution is 7.92. The quantitative estimate of drug-likeness (QED) is 0.0262. The number of fused-ring (bicyclic) bond motifs is 5. The molecule has 0 radical (unpaired) electrons. The molecule has 134 heavy (non-hydrogen) atoms. The van der Waals surface area contributed by atoms with E-state index in [0.717, 1.165) is 80.3 Å². The van der Waals surface area contributed by atoms with Crippen molar-refractivity contribution in [3.63, 3.8) is 0 Å². The van der Waals surface area contributed by atoms with E-state index in [1.165, 1.54) is 86.2 Å². The first-order valence-electron chi connectivity index (χ1n) is 42.0. The number of ether oxygens (including phenoxy) is 2. The fraction of sp³-hybridized carbons (Fsp3) is 0.196. The van der Waals surface area contributed by atoms with E-state index in [1.807, 2.05) is 89.3 Å². The average Bonchev–Trinajstić information content (AvgIpc) is 1.62. The van der Waals surface area contributed by atoms with Crippen molar-refractivity contribution < 1.29 is 65.5 Å². The van der Waals surface area contributed by atoms with E-state index in [2.05, 4.69) is 64.5 Å². The van der Waals surface area contributed by atoms with Gasteiger partial charge in [-0.2, -0.15) is 31.4 Å². The van der Waals surface area contributed by atoms with E-state index >= 15 is 0 Å². The predicted molar refractivity (Wildman–Crippen MR) is 509 cm³/mol. The Balaban J connectivity index is 0.000000152. The van der Waals surface area contributed by atoms with Gasteiger partial charge in [-0.25, -0.2) is 70.9 Å². The number of hydrogen-bond donors (Lipinski definition) is 5. The molecule has 0 saturated heterocycles. The van der Waals surface area contributed by atoms with Crippen LogP contribution in [0.5, 0.6) is 5.75 Å². The van der Waals surface area contributed by atoms with Crippen LogP contribution in [0.2, 0.25) is 0 Å². The minimum absolute atomic E-state index is 0.00467. The molecule has 0 bridgehead atoms. The number of nitrogens with one attached hydrogen (secondary N) is 4. The standard InChI is InChI=1S/C25H26N6O3.C19H18FN3O2S.2C18H16FN3O2S.C17H14FN3O2S/c1-3-31-23-14-20(34-12-6-11-30-17-27-16-28-30)9-10-21(23)22(15-26)24(31)18-7-5-8-19(13-18)29-25(32)33-4-2;1-3-23-18-10-7-14(20)11-16(18)17(12-21)19(23)13-5-8-15(9-6-13)22-26(24,25)4-2;1-3-22-17-9-6-13(19)10-15(17)16(11-20)18(22)12-4-7-14(8-5-12)21-25(2,23)24;1-3-22-17-9-6-13(19)10-15(17)16(11-20)18(22)12-4-7-14(8-5-12)25(23,24)21-2;1-2-21-16-8-5-12(18)9-14(16)15(10-19)17(21)11-3-6-13(7-4-11)24(20,22)23/h5,7-10,13-14,16-17H,3-4,6,11-12H2,1-2H3,(H,29,32);5-11,22H,3-4H2,1-2H3;2*4-10,21H,3H2,1-2H3;3-9H,2H2,1H3,(H2,20,22,23). The molecule has 37 heteroatoms. The maximum absolute atomic E-state index is 13.7. The van der Waals surface area contributed by atoms with Crippen LogP contribution in [0.3, 0.4) is 0 Å².